The SMILES string of the molecule is NC1CCC(c2ccc3c(c2)CCc2nc(-c4onc(-c5ccccc5)c4C(F)(F)F)sc2-3)C1. The number of fused-ring (bicyclic) bond motifs is 3. The Bertz CT molecular complexity index is 1360. The summed E-state index contributed by atoms with van der Waals surface area (Å²) in [6.45, 7) is 0. The van der Waals surface area contributed by atoms with Gasteiger partial charge in [0.05, 0.1) is 10.6 Å². The summed E-state index contributed by atoms with van der Waals surface area (Å²) in [6, 6.07) is 15.0. The van der Waals surface area contributed by atoms with Gasteiger partial charge in [0.25, 0.3) is 0 Å². The van der Waals surface area contributed by atoms with E-state index in [1.165, 1.54) is 22.5 Å². The molecule has 4 nitrogen and oxygen atoms in total. The molecule has 4 aromatic rings. The van der Waals surface area contributed by atoms with E-state index in [1.807, 2.05) is 0 Å². The van der Waals surface area contributed by atoms with E-state index in [1.54, 1.807) is 30.3 Å². The van der Waals surface area contributed by atoms with Gasteiger partial charge in [-0.3, -0.25) is 0 Å². The minimum Gasteiger partial charge on any atom is -0.352 e. The van der Waals surface area contributed by atoms with Crippen molar-refractivity contribution in [1.29, 1.82) is 0 Å². The van der Waals surface area contributed by atoms with Crippen LogP contribution in [-0.4, -0.2) is 16.2 Å². The number of halogens is 3. The molecule has 2 aliphatic carbocycles. The number of rotatable bonds is 3. The van der Waals surface area contributed by atoms with Gasteiger partial charge in [-0.05, 0) is 54.7 Å². The molecule has 0 spiro atoms. The van der Waals surface area contributed by atoms with Crippen LogP contribution >= 0.6 is 11.3 Å². The van der Waals surface area contributed by atoms with Crippen LogP contribution in [0, 0.1) is 0 Å². The minimum atomic E-state index is -4.62. The zero-order valence-corrected chi connectivity index (χ0v) is 19.0. The topological polar surface area (TPSA) is 64.9 Å². The Labute approximate surface area is 198 Å². The van der Waals surface area contributed by atoms with Gasteiger partial charge in [-0.2, -0.15) is 13.2 Å². The highest BCUT2D eigenvalue weighted by atomic mass is 32.1. The third kappa shape index (κ3) is 3.65. The molecule has 0 bridgehead atoms. The molecule has 2 heterocycles. The number of nitrogens with zero attached hydrogens (tertiary/aromatic N) is 2. The second-order valence-corrected chi connectivity index (χ2v) is 10.1. The first-order valence-electron chi connectivity index (χ1n) is 11.4. The molecule has 0 amide bonds. The Balaban J connectivity index is 1.41. The summed E-state index contributed by atoms with van der Waals surface area (Å²) in [6.07, 6.45) is 0.0361. The molecule has 1 fully saturated rings. The Morgan fingerprint density at radius 3 is 2.59 bits per heavy atom. The van der Waals surface area contributed by atoms with E-state index in [-0.39, 0.29) is 22.5 Å². The standard InChI is InChI=1S/C26H22F3N3OS/c27-26(28,29)21-22(14-4-2-1-3-5-14)32-33-23(21)25-31-20-11-8-17-12-15(16-6-9-18(30)13-16)7-10-19(17)24(20)34-25/h1-5,7,10,12,16,18H,6,8-9,11,13,30H2. The van der Waals surface area contributed by atoms with E-state index < -0.39 is 11.7 Å². The summed E-state index contributed by atoms with van der Waals surface area (Å²) in [5, 5.41) is 4.02. The number of alkyl halides is 3. The number of aryl methyl sites for hydroxylation is 2. The lowest BCUT2D eigenvalue weighted by Gasteiger charge is -2.18. The highest BCUT2D eigenvalue weighted by molar-refractivity contribution is 7.18. The molecule has 2 aromatic heterocycles. The lowest BCUT2D eigenvalue weighted by Crippen LogP contribution is -2.14. The van der Waals surface area contributed by atoms with Crippen LogP contribution in [-0.2, 0) is 19.0 Å². The highest BCUT2D eigenvalue weighted by Gasteiger charge is 2.42. The van der Waals surface area contributed by atoms with E-state index in [2.05, 4.69) is 28.3 Å². The summed E-state index contributed by atoms with van der Waals surface area (Å²) in [5.41, 5.74) is 9.76. The first-order valence-corrected chi connectivity index (χ1v) is 12.2. The van der Waals surface area contributed by atoms with Crippen molar-refractivity contribution in [3.05, 3.63) is 70.9 Å². The molecule has 0 aliphatic heterocycles. The van der Waals surface area contributed by atoms with E-state index in [4.69, 9.17) is 10.3 Å². The molecule has 1 saturated carbocycles. The molecular weight excluding hydrogens is 459 g/mol. The smallest absolute Gasteiger partial charge is 0.352 e. The average molecular weight is 482 g/mol. The van der Waals surface area contributed by atoms with E-state index in [0.29, 0.717) is 17.9 Å². The van der Waals surface area contributed by atoms with Crippen LogP contribution in [0.25, 0.3) is 32.5 Å². The van der Waals surface area contributed by atoms with Crippen molar-refractivity contribution in [1.82, 2.24) is 10.1 Å². The van der Waals surface area contributed by atoms with Crippen LogP contribution in [0.4, 0.5) is 13.2 Å². The Morgan fingerprint density at radius 1 is 1.03 bits per heavy atom. The van der Waals surface area contributed by atoms with Crippen molar-refractivity contribution in [3.8, 4) is 32.5 Å². The van der Waals surface area contributed by atoms with Crippen molar-refractivity contribution in [2.45, 2.75) is 50.2 Å². The quantitative estimate of drug-likeness (QED) is 0.348. The predicted molar refractivity (Wildman–Crippen MR) is 125 cm³/mol. The zero-order valence-electron chi connectivity index (χ0n) is 18.2. The van der Waals surface area contributed by atoms with Crippen molar-refractivity contribution in [3.63, 3.8) is 0 Å². The summed E-state index contributed by atoms with van der Waals surface area (Å²) in [7, 11) is 0. The fourth-order valence-electron chi connectivity index (χ4n) is 5.19. The molecule has 6 rings (SSSR count). The third-order valence-electron chi connectivity index (χ3n) is 6.86. The zero-order chi connectivity index (χ0) is 23.4. The van der Waals surface area contributed by atoms with Gasteiger partial charge in [0, 0.05) is 11.6 Å². The molecule has 0 saturated heterocycles. The Kier molecular flexibility index (Phi) is 5.11. The normalized spacial score (nSPS) is 19.8. The third-order valence-corrected chi connectivity index (χ3v) is 7.99. The Morgan fingerprint density at radius 2 is 1.85 bits per heavy atom. The maximum Gasteiger partial charge on any atom is 0.422 e. The van der Waals surface area contributed by atoms with Gasteiger partial charge in [-0.1, -0.05) is 53.7 Å². The minimum absolute atomic E-state index is 0.212. The predicted octanol–water partition coefficient (Wildman–Crippen LogP) is 6.84. The van der Waals surface area contributed by atoms with Gasteiger partial charge >= 0.3 is 6.18 Å². The van der Waals surface area contributed by atoms with Crippen LogP contribution < -0.4 is 5.73 Å². The fourth-order valence-corrected chi connectivity index (χ4v) is 6.34. The van der Waals surface area contributed by atoms with E-state index in [9.17, 15) is 13.2 Å². The average Bonchev–Trinajstić information content (AvgIpc) is 3.56. The molecule has 2 aromatic carbocycles. The number of benzene rings is 2. The summed E-state index contributed by atoms with van der Waals surface area (Å²) in [5.74, 6) is 0.169. The van der Waals surface area contributed by atoms with Crippen molar-refractivity contribution < 1.29 is 17.7 Å². The lowest BCUT2D eigenvalue weighted by atomic mass is 9.88. The first kappa shape index (κ1) is 21.6. The second-order valence-electron chi connectivity index (χ2n) is 9.08. The van der Waals surface area contributed by atoms with Gasteiger partial charge in [-0.25, -0.2) is 4.98 Å². The lowest BCUT2D eigenvalue weighted by molar-refractivity contribution is -0.136. The summed E-state index contributed by atoms with van der Waals surface area (Å²) in [4.78, 5) is 5.49. The molecule has 174 valence electrons. The van der Waals surface area contributed by atoms with Gasteiger partial charge in [-0.15, -0.1) is 11.3 Å². The molecule has 0 radical (unpaired) electrons. The monoisotopic (exact) mass is 481 g/mol. The van der Waals surface area contributed by atoms with Gasteiger partial charge in [0.2, 0.25) is 5.76 Å². The molecule has 2 atom stereocenters. The van der Waals surface area contributed by atoms with Gasteiger partial charge in [0.15, 0.2) is 5.01 Å². The maximum atomic E-state index is 14.1. The second kappa shape index (κ2) is 8.06. The number of hydrogen-bond donors (Lipinski definition) is 1. The van der Waals surface area contributed by atoms with Crippen LogP contribution in [0.15, 0.2) is 53.1 Å². The highest BCUT2D eigenvalue weighted by Crippen LogP contribution is 2.47. The molecule has 2 aliphatic rings. The number of aromatic nitrogens is 2. The number of thiazole rings is 1. The van der Waals surface area contributed by atoms with E-state index in [0.717, 1.165) is 41.8 Å². The number of nitrogens with two attached hydrogens (primary N) is 1. The van der Waals surface area contributed by atoms with Gasteiger partial charge < -0.3 is 10.3 Å². The van der Waals surface area contributed by atoms with Crippen LogP contribution in [0.1, 0.15) is 47.6 Å². The number of hydrogen-bond acceptors (Lipinski definition) is 5. The van der Waals surface area contributed by atoms with Crippen LogP contribution in [0.2, 0.25) is 0 Å². The van der Waals surface area contributed by atoms with Gasteiger partial charge in [0.1, 0.15) is 11.3 Å². The Hall–Kier alpha value is -2.97. The van der Waals surface area contributed by atoms with Crippen LogP contribution in [0.5, 0.6) is 0 Å². The molecule has 2 unspecified atom stereocenters. The fraction of sp³-hybridized carbons (Fsp3) is 0.308. The van der Waals surface area contributed by atoms with Crippen molar-refractivity contribution in [2.24, 2.45) is 5.73 Å². The molecule has 2 N–H and O–H groups in total. The largest absolute Gasteiger partial charge is 0.422 e. The molecular formula is C26H22F3N3OS. The first-order chi connectivity index (χ1) is 16.4. The molecule has 34 heavy (non-hydrogen) atoms. The summed E-state index contributed by atoms with van der Waals surface area (Å²) >= 11 is 1.24. The van der Waals surface area contributed by atoms with Crippen molar-refractivity contribution >= 4 is 11.3 Å². The summed E-state index contributed by atoms with van der Waals surface area (Å²) < 4.78 is 47.7. The molecule has 8 heteroatoms. The maximum absolute atomic E-state index is 14.1. The van der Waals surface area contributed by atoms with Crippen LogP contribution in [0.3, 0.4) is 0 Å². The van der Waals surface area contributed by atoms with Crippen molar-refractivity contribution in [2.75, 3.05) is 0 Å². The van der Waals surface area contributed by atoms with E-state index >= 15 is 0 Å².